The Morgan fingerprint density at radius 2 is 1.50 bits per heavy atom. The van der Waals surface area contributed by atoms with Gasteiger partial charge in [-0.3, -0.25) is 9.78 Å². The number of hydrogen-bond donors (Lipinski definition) is 4. The molecular weight excluding hydrogens is 278 g/mol. The summed E-state index contributed by atoms with van der Waals surface area (Å²) >= 11 is 0. The van der Waals surface area contributed by atoms with Crippen molar-refractivity contribution in [1.82, 2.24) is 20.9 Å². The highest BCUT2D eigenvalue weighted by molar-refractivity contribution is 5.93. The third-order valence-corrected chi connectivity index (χ3v) is 3.27. The van der Waals surface area contributed by atoms with Crippen LogP contribution in [-0.2, 0) is 0 Å². The zero-order valence-corrected chi connectivity index (χ0v) is 13.3. The molecule has 0 saturated carbocycles. The quantitative estimate of drug-likeness (QED) is 0.399. The number of rotatable bonds is 13. The maximum absolute atomic E-state index is 11.8. The highest BCUT2D eigenvalue weighted by Crippen LogP contribution is 1.95. The van der Waals surface area contributed by atoms with Gasteiger partial charge in [-0.05, 0) is 70.5 Å². The van der Waals surface area contributed by atoms with E-state index in [0.29, 0.717) is 12.1 Å². The zero-order chi connectivity index (χ0) is 15.9. The molecule has 22 heavy (non-hydrogen) atoms. The molecule has 0 aromatic carbocycles. The second kappa shape index (κ2) is 13.2. The number of nitrogens with two attached hydrogens (primary N) is 1. The van der Waals surface area contributed by atoms with Crippen molar-refractivity contribution in [2.45, 2.75) is 25.7 Å². The Bertz CT molecular complexity index is 385. The molecule has 6 nitrogen and oxygen atoms in total. The molecule has 124 valence electrons. The molecule has 1 aromatic heterocycles. The number of unbranched alkanes of at least 4 members (excludes halogenated alkanes) is 1. The summed E-state index contributed by atoms with van der Waals surface area (Å²) < 4.78 is 0. The zero-order valence-electron chi connectivity index (χ0n) is 13.3. The molecule has 1 amide bonds. The predicted octanol–water partition coefficient (Wildman–Crippen LogP) is 0.510. The number of carbonyl (C=O) groups is 1. The van der Waals surface area contributed by atoms with E-state index in [-0.39, 0.29) is 5.91 Å². The van der Waals surface area contributed by atoms with Crippen molar-refractivity contribution in [1.29, 1.82) is 0 Å². The summed E-state index contributed by atoms with van der Waals surface area (Å²) in [5, 5.41) is 9.66. The first-order valence-electron chi connectivity index (χ1n) is 8.14. The molecule has 0 radical (unpaired) electrons. The molecule has 0 unspecified atom stereocenters. The molecule has 5 N–H and O–H groups in total. The van der Waals surface area contributed by atoms with Gasteiger partial charge in [0.15, 0.2) is 0 Å². The van der Waals surface area contributed by atoms with Crippen molar-refractivity contribution in [2.75, 3.05) is 39.3 Å². The van der Waals surface area contributed by atoms with E-state index in [1.807, 2.05) is 0 Å². The van der Waals surface area contributed by atoms with Crippen molar-refractivity contribution in [3.63, 3.8) is 0 Å². The first kappa shape index (κ1) is 18.5. The van der Waals surface area contributed by atoms with E-state index in [0.717, 1.165) is 45.6 Å². The number of carbonyl (C=O) groups excluding carboxylic acids is 1. The van der Waals surface area contributed by atoms with Crippen molar-refractivity contribution in [2.24, 2.45) is 5.73 Å². The van der Waals surface area contributed by atoms with Crippen LogP contribution < -0.4 is 21.7 Å². The summed E-state index contributed by atoms with van der Waals surface area (Å²) in [5.41, 5.74) is 6.08. The first-order valence-corrected chi connectivity index (χ1v) is 8.14. The summed E-state index contributed by atoms with van der Waals surface area (Å²) in [5.74, 6) is -0.0362. The topological polar surface area (TPSA) is 92.1 Å². The highest BCUT2D eigenvalue weighted by atomic mass is 16.1. The lowest BCUT2D eigenvalue weighted by Gasteiger charge is -2.07. The average Bonchev–Trinajstić information content (AvgIpc) is 2.56. The molecule has 1 heterocycles. The maximum Gasteiger partial charge on any atom is 0.251 e. The number of hydrogen-bond acceptors (Lipinski definition) is 5. The molecular formula is C16H29N5O. The van der Waals surface area contributed by atoms with Crippen LogP contribution in [0.1, 0.15) is 36.0 Å². The summed E-state index contributed by atoms with van der Waals surface area (Å²) in [6, 6.07) is 3.43. The molecule has 1 aromatic rings. The Kier molecular flexibility index (Phi) is 11.1. The lowest BCUT2D eigenvalue weighted by atomic mass is 10.2. The smallest absolute Gasteiger partial charge is 0.251 e. The molecule has 0 fully saturated rings. The van der Waals surface area contributed by atoms with Gasteiger partial charge < -0.3 is 21.7 Å². The summed E-state index contributed by atoms with van der Waals surface area (Å²) in [6.07, 6.45) is 7.58. The largest absolute Gasteiger partial charge is 0.352 e. The number of nitrogens with one attached hydrogen (secondary N) is 3. The van der Waals surface area contributed by atoms with Gasteiger partial charge in [0, 0.05) is 24.5 Å². The van der Waals surface area contributed by atoms with Crippen LogP contribution in [0.2, 0.25) is 0 Å². The number of amides is 1. The number of nitrogens with zero attached hydrogens (tertiary/aromatic N) is 1. The van der Waals surface area contributed by atoms with Gasteiger partial charge in [0.2, 0.25) is 0 Å². The van der Waals surface area contributed by atoms with Crippen molar-refractivity contribution >= 4 is 5.91 Å². The van der Waals surface area contributed by atoms with Crippen LogP contribution in [0.15, 0.2) is 24.5 Å². The van der Waals surface area contributed by atoms with Gasteiger partial charge in [-0.15, -0.1) is 0 Å². The minimum atomic E-state index is -0.0362. The van der Waals surface area contributed by atoms with Gasteiger partial charge in [-0.2, -0.15) is 0 Å². The third-order valence-electron chi connectivity index (χ3n) is 3.27. The van der Waals surface area contributed by atoms with Gasteiger partial charge in [-0.25, -0.2) is 0 Å². The highest BCUT2D eigenvalue weighted by Gasteiger charge is 2.02. The summed E-state index contributed by atoms with van der Waals surface area (Å²) in [7, 11) is 0. The van der Waals surface area contributed by atoms with Crippen molar-refractivity contribution < 1.29 is 4.79 Å². The minimum Gasteiger partial charge on any atom is -0.352 e. The second-order valence-electron chi connectivity index (χ2n) is 5.19. The van der Waals surface area contributed by atoms with Crippen LogP contribution in [0.3, 0.4) is 0 Å². The monoisotopic (exact) mass is 307 g/mol. The van der Waals surface area contributed by atoms with Crippen molar-refractivity contribution in [3.8, 4) is 0 Å². The fourth-order valence-corrected chi connectivity index (χ4v) is 2.00. The molecule has 0 aliphatic carbocycles. The molecule has 0 saturated heterocycles. The van der Waals surface area contributed by atoms with E-state index < -0.39 is 0 Å². The van der Waals surface area contributed by atoms with E-state index in [4.69, 9.17) is 5.73 Å². The molecule has 0 atom stereocenters. The van der Waals surface area contributed by atoms with E-state index in [2.05, 4.69) is 20.9 Å². The Morgan fingerprint density at radius 1 is 0.909 bits per heavy atom. The Hall–Kier alpha value is -1.50. The van der Waals surface area contributed by atoms with Gasteiger partial charge in [-0.1, -0.05) is 0 Å². The van der Waals surface area contributed by atoms with E-state index in [1.54, 1.807) is 24.5 Å². The van der Waals surface area contributed by atoms with Gasteiger partial charge in [0.25, 0.3) is 5.91 Å². The minimum absolute atomic E-state index is 0.0362. The SMILES string of the molecule is NCCCNCCCCNCCCNC(=O)c1ccncc1. The summed E-state index contributed by atoms with van der Waals surface area (Å²) in [4.78, 5) is 15.6. The van der Waals surface area contributed by atoms with Gasteiger partial charge in [0.1, 0.15) is 0 Å². The molecule has 0 aliphatic heterocycles. The second-order valence-corrected chi connectivity index (χ2v) is 5.19. The van der Waals surface area contributed by atoms with Gasteiger partial charge in [0.05, 0.1) is 0 Å². The Balaban J connectivity index is 1.85. The van der Waals surface area contributed by atoms with E-state index >= 15 is 0 Å². The lowest BCUT2D eigenvalue weighted by molar-refractivity contribution is 0.0953. The normalized spacial score (nSPS) is 10.6. The van der Waals surface area contributed by atoms with Crippen LogP contribution in [0.4, 0.5) is 0 Å². The molecule has 0 bridgehead atoms. The van der Waals surface area contributed by atoms with Gasteiger partial charge >= 0.3 is 0 Å². The van der Waals surface area contributed by atoms with Crippen LogP contribution >= 0.6 is 0 Å². The number of aromatic nitrogens is 1. The standard InChI is InChI=1S/C16H29N5O/c17-7-3-10-18-8-1-2-9-19-11-4-12-21-16(22)15-5-13-20-14-6-15/h5-6,13-14,18-19H,1-4,7-12,17H2,(H,21,22). The van der Waals surface area contributed by atoms with Crippen LogP contribution in [0.5, 0.6) is 0 Å². The lowest BCUT2D eigenvalue weighted by Crippen LogP contribution is -2.27. The third kappa shape index (κ3) is 9.44. The fourth-order valence-electron chi connectivity index (χ4n) is 2.00. The first-order chi connectivity index (χ1) is 10.8. The van der Waals surface area contributed by atoms with Crippen LogP contribution in [0.25, 0.3) is 0 Å². The van der Waals surface area contributed by atoms with Crippen LogP contribution in [-0.4, -0.2) is 50.2 Å². The Morgan fingerprint density at radius 3 is 2.14 bits per heavy atom. The average molecular weight is 307 g/mol. The molecule has 0 spiro atoms. The Labute approximate surface area is 133 Å². The van der Waals surface area contributed by atoms with Crippen molar-refractivity contribution in [3.05, 3.63) is 30.1 Å². The van der Waals surface area contributed by atoms with E-state index in [9.17, 15) is 4.79 Å². The molecule has 6 heteroatoms. The maximum atomic E-state index is 11.8. The van der Waals surface area contributed by atoms with Crippen LogP contribution in [0, 0.1) is 0 Å². The molecule has 0 aliphatic rings. The van der Waals surface area contributed by atoms with E-state index in [1.165, 1.54) is 12.8 Å². The fraction of sp³-hybridized carbons (Fsp3) is 0.625. The predicted molar refractivity (Wildman–Crippen MR) is 89.8 cm³/mol. The molecule has 1 rings (SSSR count). The summed E-state index contributed by atoms with van der Waals surface area (Å²) in [6.45, 7) is 5.47. The number of pyridine rings is 1.